The molecule has 0 fully saturated rings. The molecule has 0 heterocycles. The fourth-order valence-corrected chi connectivity index (χ4v) is 1.17. The van der Waals surface area contributed by atoms with Gasteiger partial charge in [0.05, 0.1) is 12.3 Å². The van der Waals surface area contributed by atoms with Crippen LogP contribution in [0.5, 0.6) is 5.75 Å². The molecule has 0 aliphatic rings. The van der Waals surface area contributed by atoms with Crippen molar-refractivity contribution in [2.24, 2.45) is 5.16 Å². The van der Waals surface area contributed by atoms with Crippen LogP contribution in [-0.4, -0.2) is 18.9 Å². The van der Waals surface area contributed by atoms with Crippen LogP contribution in [0.1, 0.15) is 26.3 Å². The lowest BCUT2D eigenvalue weighted by molar-refractivity contribution is 0.159. The van der Waals surface area contributed by atoms with Gasteiger partial charge in [-0.15, -0.1) is 0 Å². The normalized spacial score (nSPS) is 11.3. The highest BCUT2D eigenvalue weighted by atomic mass is 16.6. The Kier molecular flexibility index (Phi) is 4.68. The molecule has 0 bridgehead atoms. The van der Waals surface area contributed by atoms with Crippen molar-refractivity contribution in [2.45, 2.75) is 20.8 Å². The van der Waals surface area contributed by atoms with Gasteiger partial charge in [0.25, 0.3) is 0 Å². The molecule has 15 heavy (non-hydrogen) atoms. The van der Waals surface area contributed by atoms with Gasteiger partial charge in [0.1, 0.15) is 12.4 Å². The monoisotopic (exact) mass is 207 g/mol. The van der Waals surface area contributed by atoms with Gasteiger partial charge in [-0.1, -0.05) is 5.16 Å². The van der Waals surface area contributed by atoms with E-state index in [1.54, 1.807) is 0 Å². The van der Waals surface area contributed by atoms with Crippen molar-refractivity contribution in [3.63, 3.8) is 0 Å². The van der Waals surface area contributed by atoms with Gasteiger partial charge in [0, 0.05) is 0 Å². The van der Waals surface area contributed by atoms with Gasteiger partial charge in [-0.3, -0.25) is 0 Å². The van der Waals surface area contributed by atoms with Crippen LogP contribution in [0.2, 0.25) is 0 Å². The molecule has 0 atom stereocenters. The van der Waals surface area contributed by atoms with Gasteiger partial charge in [0.15, 0.2) is 0 Å². The zero-order valence-corrected chi connectivity index (χ0v) is 9.49. The molecule has 0 spiro atoms. The summed E-state index contributed by atoms with van der Waals surface area (Å²) >= 11 is 0. The van der Waals surface area contributed by atoms with Crippen molar-refractivity contribution in [1.82, 2.24) is 0 Å². The molecule has 1 aromatic carbocycles. The van der Waals surface area contributed by atoms with Crippen LogP contribution in [0.15, 0.2) is 29.4 Å². The van der Waals surface area contributed by atoms with E-state index in [0.717, 1.165) is 17.0 Å². The molecule has 0 aliphatic heterocycles. The van der Waals surface area contributed by atoms with Crippen LogP contribution >= 0.6 is 0 Å². The maximum absolute atomic E-state index is 5.35. The van der Waals surface area contributed by atoms with Gasteiger partial charge in [-0.2, -0.15) is 0 Å². The highest BCUT2D eigenvalue weighted by molar-refractivity contribution is 5.98. The number of hydrogen-bond acceptors (Lipinski definition) is 3. The Morgan fingerprint density at radius 3 is 2.33 bits per heavy atom. The topological polar surface area (TPSA) is 30.8 Å². The lowest BCUT2D eigenvalue weighted by Gasteiger charge is -2.04. The largest absolute Gasteiger partial charge is 0.494 e. The van der Waals surface area contributed by atoms with Gasteiger partial charge >= 0.3 is 0 Å². The predicted octanol–water partition coefficient (Wildman–Crippen LogP) is 2.85. The Hall–Kier alpha value is -1.51. The van der Waals surface area contributed by atoms with Crippen LogP contribution < -0.4 is 4.74 Å². The van der Waals surface area contributed by atoms with Crippen LogP contribution in [0.25, 0.3) is 0 Å². The Balaban J connectivity index is 2.70. The molecule has 3 nitrogen and oxygen atoms in total. The standard InChI is InChI=1S/C12H17NO2/c1-4-14-12-8-6-11(7-9-12)10(3)13-15-5-2/h6-9H,4-5H2,1-3H3. The minimum absolute atomic E-state index is 0.592. The number of hydrogen-bond donors (Lipinski definition) is 0. The molecular weight excluding hydrogens is 190 g/mol. The molecule has 1 aromatic rings. The maximum atomic E-state index is 5.35. The summed E-state index contributed by atoms with van der Waals surface area (Å²) in [5, 5.41) is 3.96. The van der Waals surface area contributed by atoms with Crippen molar-refractivity contribution >= 4 is 5.71 Å². The minimum Gasteiger partial charge on any atom is -0.494 e. The summed E-state index contributed by atoms with van der Waals surface area (Å²) in [6.45, 7) is 7.08. The molecule has 0 saturated carbocycles. The maximum Gasteiger partial charge on any atom is 0.119 e. The minimum atomic E-state index is 0.592. The van der Waals surface area contributed by atoms with E-state index in [9.17, 15) is 0 Å². The molecule has 1 rings (SSSR count). The molecule has 0 radical (unpaired) electrons. The van der Waals surface area contributed by atoms with Gasteiger partial charge in [-0.05, 0) is 50.6 Å². The number of oxime groups is 1. The summed E-state index contributed by atoms with van der Waals surface area (Å²) in [5.74, 6) is 0.880. The van der Waals surface area contributed by atoms with Crippen molar-refractivity contribution in [3.05, 3.63) is 29.8 Å². The second-order valence-electron chi connectivity index (χ2n) is 3.05. The van der Waals surface area contributed by atoms with Crippen molar-refractivity contribution in [3.8, 4) is 5.75 Å². The van der Waals surface area contributed by atoms with Crippen LogP contribution in [0.4, 0.5) is 0 Å². The first-order valence-corrected chi connectivity index (χ1v) is 5.17. The van der Waals surface area contributed by atoms with E-state index in [2.05, 4.69) is 5.16 Å². The van der Waals surface area contributed by atoms with Gasteiger partial charge < -0.3 is 9.57 Å². The molecule has 0 unspecified atom stereocenters. The summed E-state index contributed by atoms with van der Waals surface area (Å²) in [5.41, 5.74) is 1.92. The summed E-state index contributed by atoms with van der Waals surface area (Å²) in [4.78, 5) is 4.98. The van der Waals surface area contributed by atoms with E-state index in [1.165, 1.54) is 0 Å². The third-order valence-corrected chi connectivity index (χ3v) is 1.91. The van der Waals surface area contributed by atoms with E-state index >= 15 is 0 Å². The highest BCUT2D eigenvalue weighted by Crippen LogP contribution is 2.12. The molecule has 0 amide bonds. The number of rotatable bonds is 5. The third-order valence-electron chi connectivity index (χ3n) is 1.91. The first-order chi connectivity index (χ1) is 7.27. The van der Waals surface area contributed by atoms with E-state index in [1.807, 2.05) is 45.0 Å². The zero-order chi connectivity index (χ0) is 11.1. The fourth-order valence-electron chi connectivity index (χ4n) is 1.17. The molecule has 82 valence electrons. The Morgan fingerprint density at radius 2 is 1.80 bits per heavy atom. The molecule has 3 heteroatoms. The summed E-state index contributed by atoms with van der Waals surface area (Å²) < 4.78 is 5.35. The van der Waals surface area contributed by atoms with Crippen LogP contribution in [0.3, 0.4) is 0 Å². The van der Waals surface area contributed by atoms with Gasteiger partial charge in [-0.25, -0.2) is 0 Å². The Bertz CT molecular complexity index is 317. The van der Waals surface area contributed by atoms with Crippen LogP contribution in [0, 0.1) is 0 Å². The highest BCUT2D eigenvalue weighted by Gasteiger charge is 1.98. The molecule has 0 aromatic heterocycles. The quantitative estimate of drug-likeness (QED) is 0.549. The SMILES string of the molecule is CCON=C(C)c1ccc(OCC)cc1. The fraction of sp³-hybridized carbons (Fsp3) is 0.417. The van der Waals surface area contributed by atoms with Crippen molar-refractivity contribution < 1.29 is 9.57 Å². The first-order valence-electron chi connectivity index (χ1n) is 5.17. The van der Waals surface area contributed by atoms with Crippen molar-refractivity contribution in [1.29, 1.82) is 0 Å². The first kappa shape index (κ1) is 11.6. The number of ether oxygens (including phenoxy) is 1. The molecular formula is C12H17NO2. The van der Waals surface area contributed by atoms with E-state index < -0.39 is 0 Å². The van der Waals surface area contributed by atoms with Crippen molar-refractivity contribution in [2.75, 3.05) is 13.2 Å². The average molecular weight is 207 g/mol. The van der Waals surface area contributed by atoms with Gasteiger partial charge in [0.2, 0.25) is 0 Å². The smallest absolute Gasteiger partial charge is 0.119 e. The van der Waals surface area contributed by atoms with E-state index in [0.29, 0.717) is 13.2 Å². The van der Waals surface area contributed by atoms with Crippen LogP contribution in [-0.2, 0) is 4.84 Å². The zero-order valence-electron chi connectivity index (χ0n) is 9.49. The second kappa shape index (κ2) is 6.06. The number of benzene rings is 1. The third kappa shape index (κ3) is 3.62. The Labute approximate surface area is 90.7 Å². The van der Waals surface area contributed by atoms with E-state index in [-0.39, 0.29) is 0 Å². The molecule has 0 saturated heterocycles. The summed E-state index contributed by atoms with van der Waals surface area (Å²) in [7, 11) is 0. The molecule has 0 N–H and O–H groups in total. The second-order valence-corrected chi connectivity index (χ2v) is 3.05. The van der Waals surface area contributed by atoms with E-state index in [4.69, 9.17) is 9.57 Å². The lowest BCUT2D eigenvalue weighted by Crippen LogP contribution is -1.97. The lowest BCUT2D eigenvalue weighted by atomic mass is 10.1. The summed E-state index contributed by atoms with van der Waals surface area (Å²) in [6, 6.07) is 7.82. The Morgan fingerprint density at radius 1 is 1.13 bits per heavy atom. The summed E-state index contributed by atoms with van der Waals surface area (Å²) in [6.07, 6.45) is 0. The predicted molar refractivity (Wildman–Crippen MR) is 61.4 cm³/mol. The average Bonchev–Trinajstić information content (AvgIpc) is 2.27. The number of nitrogens with zero attached hydrogens (tertiary/aromatic N) is 1. The molecule has 0 aliphatic carbocycles.